The summed E-state index contributed by atoms with van der Waals surface area (Å²) in [6.45, 7) is 8.09. The SMILES string of the molecule is C=CC[NH2+]CCOc1c(Cl)cc(C)cc1Br. The number of nitrogens with two attached hydrogens (primary N) is 1. The maximum Gasteiger partial charge on any atom is 0.152 e. The van der Waals surface area contributed by atoms with Gasteiger partial charge in [0.1, 0.15) is 13.2 Å². The number of quaternary nitrogens is 1. The van der Waals surface area contributed by atoms with E-state index in [1.165, 1.54) is 0 Å². The molecule has 0 saturated carbocycles. The van der Waals surface area contributed by atoms with Crippen molar-refractivity contribution in [1.29, 1.82) is 0 Å². The summed E-state index contributed by atoms with van der Waals surface area (Å²) in [4.78, 5) is 0. The Bertz CT molecular complexity index is 345. The molecule has 0 aromatic heterocycles. The summed E-state index contributed by atoms with van der Waals surface area (Å²) in [5.74, 6) is 0.722. The number of benzene rings is 1. The minimum absolute atomic E-state index is 0.634. The smallest absolute Gasteiger partial charge is 0.152 e. The van der Waals surface area contributed by atoms with Crippen LogP contribution >= 0.6 is 27.5 Å². The first-order chi connectivity index (χ1) is 7.65. The molecule has 0 fully saturated rings. The summed E-state index contributed by atoms with van der Waals surface area (Å²) in [6, 6.07) is 3.89. The summed E-state index contributed by atoms with van der Waals surface area (Å²) < 4.78 is 6.53. The van der Waals surface area contributed by atoms with Gasteiger partial charge in [0, 0.05) is 0 Å². The van der Waals surface area contributed by atoms with Gasteiger partial charge in [0.05, 0.1) is 16.0 Å². The van der Waals surface area contributed by atoms with Crippen molar-refractivity contribution < 1.29 is 10.1 Å². The highest BCUT2D eigenvalue weighted by Gasteiger charge is 2.07. The van der Waals surface area contributed by atoms with Crippen LogP contribution in [0.15, 0.2) is 29.3 Å². The van der Waals surface area contributed by atoms with E-state index >= 15 is 0 Å². The third-order valence-electron chi connectivity index (χ3n) is 2.04. The van der Waals surface area contributed by atoms with E-state index < -0.39 is 0 Å². The van der Waals surface area contributed by atoms with Crippen LogP contribution in [0.4, 0.5) is 0 Å². The Kier molecular flexibility index (Phi) is 5.88. The summed E-state index contributed by atoms with van der Waals surface area (Å²) in [7, 11) is 0. The molecule has 2 N–H and O–H groups in total. The van der Waals surface area contributed by atoms with Crippen LogP contribution in [0.25, 0.3) is 0 Å². The quantitative estimate of drug-likeness (QED) is 0.634. The van der Waals surface area contributed by atoms with E-state index in [-0.39, 0.29) is 0 Å². The second-order valence-electron chi connectivity index (χ2n) is 3.51. The number of ether oxygens (including phenoxy) is 1. The topological polar surface area (TPSA) is 25.8 Å². The van der Waals surface area contributed by atoms with Crippen molar-refractivity contribution in [1.82, 2.24) is 0 Å². The monoisotopic (exact) mass is 304 g/mol. The van der Waals surface area contributed by atoms with Crippen molar-refractivity contribution in [2.45, 2.75) is 6.92 Å². The van der Waals surface area contributed by atoms with Crippen LogP contribution in [0.2, 0.25) is 5.02 Å². The van der Waals surface area contributed by atoms with Crippen LogP contribution in [-0.2, 0) is 0 Å². The minimum atomic E-state index is 0.634. The van der Waals surface area contributed by atoms with Gasteiger partial charge in [-0.2, -0.15) is 0 Å². The summed E-state index contributed by atoms with van der Waals surface area (Å²) in [5, 5.41) is 2.78. The van der Waals surface area contributed by atoms with Crippen molar-refractivity contribution >= 4 is 27.5 Å². The third kappa shape index (κ3) is 4.16. The molecule has 1 aromatic rings. The standard InChI is InChI=1S/C12H15BrClNO/c1-3-4-15-5-6-16-12-10(13)7-9(2)8-11(12)14/h3,7-8,15H,1,4-6H2,2H3/p+1. The third-order valence-corrected chi connectivity index (χ3v) is 2.91. The molecule has 2 nitrogen and oxygen atoms in total. The largest absolute Gasteiger partial charge is 0.485 e. The summed E-state index contributed by atoms with van der Waals surface area (Å²) in [5.41, 5.74) is 1.11. The molecule has 0 atom stereocenters. The van der Waals surface area contributed by atoms with E-state index in [9.17, 15) is 0 Å². The Morgan fingerprint density at radius 1 is 1.56 bits per heavy atom. The fourth-order valence-electron chi connectivity index (χ4n) is 1.30. The zero-order valence-corrected chi connectivity index (χ0v) is 11.6. The molecule has 0 amide bonds. The highest BCUT2D eigenvalue weighted by Crippen LogP contribution is 2.34. The highest BCUT2D eigenvalue weighted by molar-refractivity contribution is 9.10. The zero-order valence-electron chi connectivity index (χ0n) is 9.30. The van der Waals surface area contributed by atoms with Gasteiger partial charge in [0.25, 0.3) is 0 Å². The van der Waals surface area contributed by atoms with Gasteiger partial charge < -0.3 is 10.1 Å². The maximum absolute atomic E-state index is 6.09. The molecule has 0 aliphatic heterocycles. The number of aryl methyl sites for hydroxylation is 1. The molecule has 0 aliphatic carbocycles. The average molecular weight is 306 g/mol. The van der Waals surface area contributed by atoms with Crippen LogP contribution in [0.3, 0.4) is 0 Å². The molecule has 0 radical (unpaired) electrons. The molecule has 88 valence electrons. The maximum atomic E-state index is 6.09. The minimum Gasteiger partial charge on any atom is -0.485 e. The first kappa shape index (κ1) is 13.6. The molecule has 4 heteroatoms. The van der Waals surface area contributed by atoms with Gasteiger partial charge in [0.15, 0.2) is 5.75 Å². The number of rotatable bonds is 6. The Labute approximate surface area is 110 Å². The van der Waals surface area contributed by atoms with E-state index in [0.717, 1.165) is 28.9 Å². The van der Waals surface area contributed by atoms with Crippen LogP contribution < -0.4 is 10.1 Å². The fraction of sp³-hybridized carbons (Fsp3) is 0.333. The lowest BCUT2D eigenvalue weighted by atomic mass is 10.2. The lowest BCUT2D eigenvalue weighted by molar-refractivity contribution is -0.646. The van der Waals surface area contributed by atoms with Gasteiger partial charge in [-0.3, -0.25) is 0 Å². The van der Waals surface area contributed by atoms with E-state index in [1.54, 1.807) is 0 Å². The Morgan fingerprint density at radius 2 is 2.31 bits per heavy atom. The van der Waals surface area contributed by atoms with Crippen LogP contribution in [0.5, 0.6) is 5.75 Å². The van der Waals surface area contributed by atoms with Crippen LogP contribution in [-0.4, -0.2) is 19.7 Å². The first-order valence-corrected chi connectivity index (χ1v) is 6.33. The molecule has 0 unspecified atom stereocenters. The predicted octanol–water partition coefficient (Wildman–Crippen LogP) is 2.54. The van der Waals surface area contributed by atoms with E-state index in [4.69, 9.17) is 16.3 Å². The second kappa shape index (κ2) is 6.94. The van der Waals surface area contributed by atoms with Crippen molar-refractivity contribution in [3.8, 4) is 5.75 Å². The Hall–Kier alpha value is -0.510. The van der Waals surface area contributed by atoms with Gasteiger partial charge in [-0.1, -0.05) is 18.2 Å². The lowest BCUT2D eigenvalue weighted by Gasteiger charge is -2.10. The van der Waals surface area contributed by atoms with Crippen molar-refractivity contribution in [3.63, 3.8) is 0 Å². The normalized spacial score (nSPS) is 10.2. The van der Waals surface area contributed by atoms with Crippen molar-refractivity contribution in [2.24, 2.45) is 0 Å². The molecule has 0 saturated heterocycles. The van der Waals surface area contributed by atoms with Gasteiger partial charge in [-0.15, -0.1) is 0 Å². The van der Waals surface area contributed by atoms with Crippen molar-refractivity contribution in [2.75, 3.05) is 19.7 Å². The molecule has 0 spiro atoms. The molecule has 1 aromatic carbocycles. The number of hydrogen-bond donors (Lipinski definition) is 1. The van der Waals surface area contributed by atoms with Gasteiger partial charge in [-0.25, -0.2) is 0 Å². The number of halogens is 2. The average Bonchev–Trinajstić information content (AvgIpc) is 2.20. The predicted molar refractivity (Wildman–Crippen MR) is 71.2 cm³/mol. The fourth-order valence-corrected chi connectivity index (χ4v) is 2.44. The van der Waals surface area contributed by atoms with Gasteiger partial charge >= 0.3 is 0 Å². The summed E-state index contributed by atoms with van der Waals surface area (Å²) >= 11 is 9.54. The Balaban J connectivity index is 2.50. The molecule has 0 bridgehead atoms. The molecule has 1 rings (SSSR count). The summed E-state index contributed by atoms with van der Waals surface area (Å²) in [6.07, 6.45) is 1.87. The van der Waals surface area contributed by atoms with Gasteiger partial charge in [0.2, 0.25) is 0 Å². The van der Waals surface area contributed by atoms with Crippen molar-refractivity contribution in [3.05, 3.63) is 39.8 Å². The molecule has 0 aliphatic rings. The molecular weight excluding hydrogens is 289 g/mol. The number of hydrogen-bond acceptors (Lipinski definition) is 1. The van der Waals surface area contributed by atoms with Crippen LogP contribution in [0, 0.1) is 6.92 Å². The first-order valence-electron chi connectivity index (χ1n) is 5.16. The van der Waals surface area contributed by atoms with E-state index in [0.29, 0.717) is 11.6 Å². The van der Waals surface area contributed by atoms with Gasteiger partial charge in [-0.05, 0) is 46.6 Å². The Morgan fingerprint density at radius 3 is 2.94 bits per heavy atom. The highest BCUT2D eigenvalue weighted by atomic mass is 79.9. The molecule has 0 heterocycles. The lowest BCUT2D eigenvalue weighted by Crippen LogP contribution is -2.85. The molecule has 16 heavy (non-hydrogen) atoms. The molecular formula is C12H16BrClNO+. The van der Waals surface area contributed by atoms with E-state index in [1.807, 2.05) is 25.1 Å². The van der Waals surface area contributed by atoms with Crippen LogP contribution in [0.1, 0.15) is 5.56 Å². The van der Waals surface area contributed by atoms with E-state index in [2.05, 4.69) is 27.8 Å². The zero-order chi connectivity index (χ0) is 12.0. The second-order valence-corrected chi connectivity index (χ2v) is 4.77.